The van der Waals surface area contributed by atoms with Crippen LogP contribution < -0.4 is 19.1 Å². The SMILES string of the molecule is COc1ccc(S(=O)(=O)N(CC(=O)Nc2cc([N+](=O)[O-])ccc2C)c2ccc(C)cc2)cc1OC. The average molecular weight is 500 g/mol. The van der Waals surface area contributed by atoms with Gasteiger partial charge in [0.1, 0.15) is 6.54 Å². The molecule has 0 aliphatic rings. The van der Waals surface area contributed by atoms with Crippen molar-refractivity contribution < 1.29 is 27.6 Å². The number of carbonyl (C=O) groups excluding carboxylic acids is 1. The first kappa shape index (κ1) is 25.5. The number of aryl methyl sites for hydroxylation is 2. The third-order valence-electron chi connectivity index (χ3n) is 5.26. The maximum Gasteiger partial charge on any atom is 0.271 e. The Morgan fingerprint density at radius 2 is 1.63 bits per heavy atom. The van der Waals surface area contributed by atoms with Crippen LogP contribution in [0.15, 0.2) is 65.6 Å². The Morgan fingerprint density at radius 3 is 2.23 bits per heavy atom. The highest BCUT2D eigenvalue weighted by Crippen LogP contribution is 2.32. The van der Waals surface area contributed by atoms with Gasteiger partial charge in [0.2, 0.25) is 5.91 Å². The van der Waals surface area contributed by atoms with Gasteiger partial charge in [-0.3, -0.25) is 19.2 Å². The highest BCUT2D eigenvalue weighted by Gasteiger charge is 2.28. The third-order valence-corrected chi connectivity index (χ3v) is 7.03. The molecule has 0 spiro atoms. The summed E-state index contributed by atoms with van der Waals surface area (Å²) in [6, 6.07) is 14.9. The maximum atomic E-state index is 13.6. The molecule has 3 aromatic rings. The molecule has 0 aliphatic heterocycles. The first-order valence-electron chi connectivity index (χ1n) is 10.4. The number of ether oxygens (including phenoxy) is 2. The predicted molar refractivity (Wildman–Crippen MR) is 132 cm³/mol. The van der Waals surface area contributed by atoms with Crippen LogP contribution in [0.1, 0.15) is 11.1 Å². The predicted octanol–water partition coefficient (Wildman–Crippen LogP) is 4.06. The molecule has 184 valence electrons. The van der Waals surface area contributed by atoms with Crippen LogP contribution in [0.5, 0.6) is 11.5 Å². The minimum absolute atomic E-state index is 0.102. The summed E-state index contributed by atoms with van der Waals surface area (Å²) in [6.07, 6.45) is 0. The summed E-state index contributed by atoms with van der Waals surface area (Å²) in [5, 5.41) is 13.7. The van der Waals surface area contributed by atoms with Crippen molar-refractivity contribution >= 4 is 33.0 Å². The number of nitro groups is 1. The first-order chi connectivity index (χ1) is 16.6. The molecule has 0 radical (unpaired) electrons. The van der Waals surface area contributed by atoms with Crippen LogP contribution in [0.2, 0.25) is 0 Å². The van der Waals surface area contributed by atoms with E-state index in [2.05, 4.69) is 5.32 Å². The maximum absolute atomic E-state index is 13.6. The number of non-ortho nitro benzene ring substituents is 1. The lowest BCUT2D eigenvalue weighted by Gasteiger charge is -2.25. The van der Waals surface area contributed by atoms with E-state index in [0.717, 1.165) is 9.87 Å². The zero-order valence-electron chi connectivity index (χ0n) is 19.6. The zero-order chi connectivity index (χ0) is 25.8. The van der Waals surface area contributed by atoms with Gasteiger partial charge in [-0.25, -0.2) is 8.42 Å². The molecule has 1 amide bonds. The fourth-order valence-electron chi connectivity index (χ4n) is 3.31. The number of methoxy groups -OCH3 is 2. The van der Waals surface area contributed by atoms with Crippen LogP contribution in [0, 0.1) is 24.0 Å². The Bertz CT molecular complexity index is 1360. The largest absolute Gasteiger partial charge is 0.493 e. The number of nitrogens with one attached hydrogen (secondary N) is 1. The standard InChI is InChI=1S/C24H25N3O7S/c1-16-5-8-18(9-6-16)26(35(31,32)20-11-12-22(33-3)23(14-20)34-4)15-24(28)25-21-13-19(27(29)30)10-7-17(21)2/h5-14H,15H2,1-4H3,(H,25,28). The molecule has 0 unspecified atom stereocenters. The van der Waals surface area contributed by atoms with Gasteiger partial charge in [-0.2, -0.15) is 0 Å². The van der Waals surface area contributed by atoms with Crippen LogP contribution in [-0.4, -0.2) is 40.0 Å². The highest BCUT2D eigenvalue weighted by atomic mass is 32.2. The number of rotatable bonds is 9. The van der Waals surface area contributed by atoms with E-state index < -0.39 is 27.4 Å². The molecule has 3 aromatic carbocycles. The van der Waals surface area contributed by atoms with Gasteiger partial charge < -0.3 is 14.8 Å². The summed E-state index contributed by atoms with van der Waals surface area (Å²) >= 11 is 0. The zero-order valence-corrected chi connectivity index (χ0v) is 20.5. The van der Waals surface area contributed by atoms with Crippen LogP contribution in [0.4, 0.5) is 17.1 Å². The summed E-state index contributed by atoms with van der Waals surface area (Å²) in [7, 11) is -1.39. The number of carbonyl (C=O) groups is 1. The molecule has 0 aliphatic carbocycles. The Labute approximate surface area is 203 Å². The minimum Gasteiger partial charge on any atom is -0.493 e. The van der Waals surface area contributed by atoms with Crippen molar-refractivity contribution in [3.8, 4) is 11.5 Å². The van der Waals surface area contributed by atoms with Crippen LogP contribution >= 0.6 is 0 Å². The van der Waals surface area contributed by atoms with Gasteiger partial charge >= 0.3 is 0 Å². The van der Waals surface area contributed by atoms with Crippen molar-refractivity contribution in [3.05, 3.63) is 81.9 Å². The molecule has 1 N–H and O–H groups in total. The molecular formula is C24H25N3O7S. The Morgan fingerprint density at radius 1 is 0.971 bits per heavy atom. The van der Waals surface area contributed by atoms with E-state index in [4.69, 9.17) is 9.47 Å². The number of nitrogens with zero attached hydrogens (tertiary/aromatic N) is 2. The van der Waals surface area contributed by atoms with Gasteiger partial charge in [0, 0.05) is 18.2 Å². The molecule has 0 bridgehead atoms. The Hall–Kier alpha value is -4.12. The second-order valence-electron chi connectivity index (χ2n) is 7.67. The number of anilines is 2. The summed E-state index contributed by atoms with van der Waals surface area (Å²) in [4.78, 5) is 23.4. The van der Waals surface area contributed by atoms with E-state index in [-0.39, 0.29) is 27.7 Å². The van der Waals surface area contributed by atoms with Crippen LogP contribution in [0.25, 0.3) is 0 Å². The molecule has 0 atom stereocenters. The Kier molecular flexibility index (Phi) is 7.60. The third kappa shape index (κ3) is 5.69. The molecule has 0 heterocycles. The number of benzene rings is 3. The molecule has 11 heteroatoms. The lowest BCUT2D eigenvalue weighted by atomic mass is 10.2. The summed E-state index contributed by atoms with van der Waals surface area (Å²) in [6.45, 7) is 2.97. The van der Waals surface area contributed by atoms with E-state index in [1.165, 1.54) is 50.6 Å². The van der Waals surface area contributed by atoms with Crippen molar-refractivity contribution in [1.82, 2.24) is 0 Å². The van der Waals surface area contributed by atoms with Gasteiger partial charge in [0.25, 0.3) is 15.7 Å². The molecule has 3 rings (SSSR count). The van der Waals surface area contributed by atoms with E-state index >= 15 is 0 Å². The summed E-state index contributed by atoms with van der Waals surface area (Å²) < 4.78 is 38.7. The number of amides is 1. The fourth-order valence-corrected chi connectivity index (χ4v) is 4.75. The fraction of sp³-hybridized carbons (Fsp3) is 0.208. The normalized spacial score (nSPS) is 11.0. The van der Waals surface area contributed by atoms with Crippen molar-refractivity contribution in [3.63, 3.8) is 0 Å². The van der Waals surface area contributed by atoms with E-state index in [9.17, 15) is 23.3 Å². The number of hydrogen-bond acceptors (Lipinski definition) is 7. The smallest absolute Gasteiger partial charge is 0.271 e. The van der Waals surface area contributed by atoms with Crippen LogP contribution in [0.3, 0.4) is 0 Å². The van der Waals surface area contributed by atoms with E-state index in [1.807, 2.05) is 6.92 Å². The average Bonchev–Trinajstić information content (AvgIpc) is 2.83. The quantitative estimate of drug-likeness (QED) is 0.347. The number of hydrogen-bond donors (Lipinski definition) is 1. The second kappa shape index (κ2) is 10.4. The van der Waals surface area contributed by atoms with Crippen molar-refractivity contribution in [2.45, 2.75) is 18.7 Å². The van der Waals surface area contributed by atoms with Crippen molar-refractivity contribution in [2.75, 3.05) is 30.4 Å². The van der Waals surface area contributed by atoms with Crippen molar-refractivity contribution in [2.24, 2.45) is 0 Å². The highest BCUT2D eigenvalue weighted by molar-refractivity contribution is 7.92. The molecule has 10 nitrogen and oxygen atoms in total. The lowest BCUT2D eigenvalue weighted by molar-refractivity contribution is -0.384. The lowest BCUT2D eigenvalue weighted by Crippen LogP contribution is -2.38. The van der Waals surface area contributed by atoms with Gasteiger partial charge in [-0.15, -0.1) is 0 Å². The number of nitro benzene ring substituents is 1. The Balaban J connectivity index is 2.00. The van der Waals surface area contributed by atoms with Crippen molar-refractivity contribution in [1.29, 1.82) is 0 Å². The molecular weight excluding hydrogens is 474 g/mol. The van der Waals surface area contributed by atoms with Gasteiger partial charge in [0.15, 0.2) is 11.5 Å². The second-order valence-corrected chi connectivity index (χ2v) is 9.53. The minimum atomic E-state index is -4.21. The van der Waals surface area contributed by atoms with E-state index in [0.29, 0.717) is 11.3 Å². The molecule has 0 aromatic heterocycles. The van der Waals surface area contributed by atoms with E-state index in [1.54, 1.807) is 31.2 Å². The topological polar surface area (TPSA) is 128 Å². The first-order valence-corrected chi connectivity index (χ1v) is 11.9. The molecule has 0 saturated heterocycles. The van der Waals surface area contributed by atoms with Gasteiger partial charge in [-0.1, -0.05) is 23.8 Å². The summed E-state index contributed by atoms with van der Waals surface area (Å²) in [5.74, 6) is -0.0976. The van der Waals surface area contributed by atoms with Crippen LogP contribution in [-0.2, 0) is 14.8 Å². The molecule has 0 saturated carbocycles. The number of sulfonamides is 1. The monoisotopic (exact) mass is 499 g/mol. The molecule has 35 heavy (non-hydrogen) atoms. The molecule has 0 fully saturated rings. The van der Waals surface area contributed by atoms with Gasteiger partial charge in [-0.05, 0) is 43.7 Å². The van der Waals surface area contributed by atoms with Gasteiger partial charge in [0.05, 0.1) is 35.4 Å². The summed E-state index contributed by atoms with van der Waals surface area (Å²) in [5.41, 5.74) is 1.80.